The first-order valence-corrected chi connectivity index (χ1v) is 44.3. The first kappa shape index (κ1) is 77.6. The van der Waals surface area contributed by atoms with Gasteiger partial charge in [-0.25, -0.2) is 29.9 Å². The molecule has 0 aliphatic rings. The maximum Gasteiger partial charge on any atom is 0.238 e. The molecule has 0 atom stereocenters. The Bertz CT molecular complexity index is 8830. The Hall–Kier alpha value is -18.0. The zero-order valence-corrected chi connectivity index (χ0v) is 71.3. The molecule has 0 radical (unpaired) electrons. The summed E-state index contributed by atoms with van der Waals surface area (Å²) in [7, 11) is 0. The summed E-state index contributed by atoms with van der Waals surface area (Å²) in [5, 5.41) is 11.8. The zero-order valence-electron chi connectivity index (χ0n) is 71.3. The molecule has 0 amide bonds. The number of aromatic nitrogens is 11. The third-order valence-electron chi connectivity index (χ3n) is 24.9. The lowest BCUT2D eigenvalue weighted by molar-refractivity contribution is 0.670. The summed E-state index contributed by atoms with van der Waals surface area (Å²) < 4.78 is 13.3. The summed E-state index contributed by atoms with van der Waals surface area (Å²) in [6.45, 7) is 0. The fourth-order valence-electron chi connectivity index (χ4n) is 18.6. The minimum absolute atomic E-state index is 0.560. The summed E-state index contributed by atoms with van der Waals surface area (Å²) in [6.07, 6.45) is 0. The molecular formula is C120H77N11O. The van der Waals surface area contributed by atoms with Gasteiger partial charge in [0.05, 0.1) is 44.1 Å². The summed E-state index contributed by atoms with van der Waals surface area (Å²) in [5.74, 6) is 4.56. The van der Waals surface area contributed by atoms with Gasteiger partial charge in [0, 0.05) is 87.7 Å². The highest BCUT2D eigenvalue weighted by atomic mass is 16.3. The average molecular weight is 1690 g/mol. The van der Waals surface area contributed by atoms with Gasteiger partial charge >= 0.3 is 0 Å². The number of rotatable bonds is 13. The fourth-order valence-corrected chi connectivity index (χ4v) is 18.6. The van der Waals surface area contributed by atoms with Crippen molar-refractivity contribution in [3.8, 4) is 130 Å². The fraction of sp³-hybridized carbons (Fsp3) is 0. The second kappa shape index (κ2) is 33.4. The van der Waals surface area contributed by atoms with Gasteiger partial charge in [-0.1, -0.05) is 394 Å². The Balaban J connectivity index is 0.000000110. The maximum atomic E-state index is 6.46. The average Bonchev–Trinajstić information content (AvgIpc) is 1.56. The number of fused-ring (bicyclic) bond motifs is 15. The predicted molar refractivity (Wildman–Crippen MR) is 541 cm³/mol. The van der Waals surface area contributed by atoms with Crippen LogP contribution in [0.5, 0.6) is 0 Å². The van der Waals surface area contributed by atoms with Crippen LogP contribution in [0.25, 0.3) is 239 Å². The van der Waals surface area contributed by atoms with Gasteiger partial charge in [0.2, 0.25) is 5.95 Å². The van der Waals surface area contributed by atoms with E-state index in [0.717, 1.165) is 150 Å². The van der Waals surface area contributed by atoms with Crippen molar-refractivity contribution in [3.63, 3.8) is 0 Å². The molecule has 12 heteroatoms. The van der Waals surface area contributed by atoms with Crippen molar-refractivity contribution >= 4 is 109 Å². The van der Waals surface area contributed by atoms with E-state index in [0.29, 0.717) is 35.1 Å². The van der Waals surface area contributed by atoms with Crippen LogP contribution in [0.2, 0.25) is 0 Å². The van der Waals surface area contributed by atoms with Crippen LogP contribution in [0.3, 0.4) is 0 Å². The Kier molecular flexibility index (Phi) is 19.6. The molecule has 0 saturated heterocycles. The molecule has 7 aromatic heterocycles. The molecule has 0 unspecified atom stereocenters. The highest BCUT2D eigenvalue weighted by Crippen LogP contribution is 2.45. The molecule has 0 aliphatic heterocycles. The lowest BCUT2D eigenvalue weighted by Gasteiger charge is -2.14. The molecular weight excluding hydrogens is 1610 g/mol. The third kappa shape index (κ3) is 14.3. The van der Waals surface area contributed by atoms with Crippen molar-refractivity contribution in [3.05, 3.63) is 467 Å². The summed E-state index contributed by atoms with van der Waals surface area (Å²) >= 11 is 0. The van der Waals surface area contributed by atoms with Crippen molar-refractivity contribution in [2.75, 3.05) is 0 Å². The van der Waals surface area contributed by atoms with Gasteiger partial charge in [-0.2, -0.15) is 9.97 Å². The number of hydrogen-bond donors (Lipinski definition) is 0. The largest absolute Gasteiger partial charge is 0.455 e. The van der Waals surface area contributed by atoms with Crippen LogP contribution in [0, 0.1) is 0 Å². The van der Waals surface area contributed by atoms with Gasteiger partial charge in [0.1, 0.15) is 16.9 Å². The molecule has 0 N–H and O–H groups in total. The minimum Gasteiger partial charge on any atom is -0.455 e. The van der Waals surface area contributed by atoms with Gasteiger partial charge in [-0.05, 0) is 123 Å². The molecule has 26 aromatic rings. The van der Waals surface area contributed by atoms with Crippen LogP contribution in [-0.4, -0.2) is 53.6 Å². The highest BCUT2D eigenvalue weighted by molar-refractivity contribution is 6.22. The molecule has 12 nitrogen and oxygen atoms in total. The van der Waals surface area contributed by atoms with E-state index < -0.39 is 0 Å². The SMILES string of the molecule is c1ccc(-c2ccc3c4c5ccccc5ccc4n(-c4nc5ccccc5nc4-c4ccccc4)c3c2)cc1.c1ccc(-c2ccc3c4ccccc4n(-c4cccc(-c5nc(-c6ccccc6)nc(-c6ccccc6)n5)c4)c3c2)cc1.c1ccc(-c2cccc(-c3nc(-c4ccccc4)nc(-n4c5ccccc5c5ccc(-c6cccc7c6oc6ccccc67)cc54)n3)c2)cc1. The van der Waals surface area contributed by atoms with Gasteiger partial charge in [-0.15, -0.1) is 0 Å². The van der Waals surface area contributed by atoms with E-state index in [1.54, 1.807) is 0 Å². The van der Waals surface area contributed by atoms with Crippen LogP contribution in [0.15, 0.2) is 472 Å². The molecule has 19 aromatic carbocycles. The number of benzene rings is 19. The Morgan fingerprint density at radius 3 is 1.17 bits per heavy atom. The van der Waals surface area contributed by atoms with E-state index in [-0.39, 0.29) is 0 Å². The van der Waals surface area contributed by atoms with E-state index in [1.165, 1.54) is 54.6 Å². The number of furan rings is 1. The molecule has 132 heavy (non-hydrogen) atoms. The number of para-hydroxylation sites is 6. The molecule has 0 bridgehead atoms. The van der Waals surface area contributed by atoms with E-state index in [4.69, 9.17) is 44.3 Å². The van der Waals surface area contributed by atoms with Crippen molar-refractivity contribution in [1.82, 2.24) is 53.6 Å². The van der Waals surface area contributed by atoms with Gasteiger partial charge in [0.25, 0.3) is 0 Å². The molecule has 0 fully saturated rings. The van der Waals surface area contributed by atoms with Crippen LogP contribution in [0.4, 0.5) is 0 Å². The molecule has 0 saturated carbocycles. The van der Waals surface area contributed by atoms with Crippen LogP contribution < -0.4 is 0 Å². The van der Waals surface area contributed by atoms with Crippen molar-refractivity contribution in [2.45, 2.75) is 0 Å². The second-order valence-corrected chi connectivity index (χ2v) is 32.9. The Labute approximate surface area is 759 Å². The maximum absolute atomic E-state index is 6.46. The van der Waals surface area contributed by atoms with Gasteiger partial charge < -0.3 is 8.98 Å². The molecule has 0 aliphatic carbocycles. The standard InChI is InChI=1S/C45H28N4O.C39H26N4.C36H23N3/c1-3-13-29(14-4-1)31-17-11-18-33(27-31)44-46-43(30-15-5-2-6-16-30)47-45(48-44)49-39-23-9-7-19-35(39)36-26-25-32(28-40(36)49)34-21-12-22-38-37-20-8-10-24-41(37)50-42(34)38;1-4-13-27(14-5-1)30-23-24-34-33-21-10-11-22-35(33)43(36(34)26-30)32-20-12-19-31(25-32)39-41-37(28-15-6-2-7-16-28)40-38(42-39)29-17-8-3-9-18-29;1-3-11-24(12-4-1)27-19-21-29-33(23-27)39(32-22-20-25-13-7-8-16-28(25)34(29)32)36-35(26-14-5-2-6-15-26)37-30-17-9-10-18-31(30)38-36/h1-28H;1-26H;1-23H. The summed E-state index contributed by atoms with van der Waals surface area (Å²) in [5.41, 5.74) is 26.8. The monoisotopic (exact) mass is 1690 g/mol. The normalized spacial score (nSPS) is 11.5. The van der Waals surface area contributed by atoms with Crippen molar-refractivity contribution in [2.24, 2.45) is 0 Å². The molecule has 7 heterocycles. The number of hydrogen-bond acceptors (Lipinski definition) is 9. The van der Waals surface area contributed by atoms with Gasteiger partial charge in [0.15, 0.2) is 34.9 Å². The van der Waals surface area contributed by atoms with E-state index in [9.17, 15) is 0 Å². The van der Waals surface area contributed by atoms with E-state index in [1.807, 2.05) is 140 Å². The first-order chi connectivity index (χ1) is 65.4. The van der Waals surface area contributed by atoms with Crippen LogP contribution in [-0.2, 0) is 0 Å². The lowest BCUT2D eigenvalue weighted by Crippen LogP contribution is -2.06. The zero-order chi connectivity index (χ0) is 87.4. The van der Waals surface area contributed by atoms with E-state index >= 15 is 0 Å². The molecule has 618 valence electrons. The highest BCUT2D eigenvalue weighted by Gasteiger charge is 2.25. The Morgan fingerprint density at radius 2 is 0.576 bits per heavy atom. The molecule has 26 rings (SSSR count). The van der Waals surface area contributed by atoms with Crippen LogP contribution in [0.1, 0.15) is 0 Å². The minimum atomic E-state index is 0.560. The summed E-state index contributed by atoms with van der Waals surface area (Å²) in [4.78, 5) is 40.7. The van der Waals surface area contributed by atoms with Crippen molar-refractivity contribution < 1.29 is 4.42 Å². The summed E-state index contributed by atoms with van der Waals surface area (Å²) in [6, 6.07) is 162. The second-order valence-electron chi connectivity index (χ2n) is 32.9. The quantitative estimate of drug-likeness (QED) is 0.111. The van der Waals surface area contributed by atoms with Crippen molar-refractivity contribution in [1.29, 1.82) is 0 Å². The number of nitrogens with zero attached hydrogens (tertiary/aromatic N) is 11. The van der Waals surface area contributed by atoms with Crippen LogP contribution >= 0.6 is 0 Å². The smallest absolute Gasteiger partial charge is 0.238 e. The predicted octanol–water partition coefficient (Wildman–Crippen LogP) is 30.4. The molecule has 0 spiro atoms. The lowest BCUT2D eigenvalue weighted by atomic mass is 10.0. The topological polar surface area (TPSA) is 131 Å². The van der Waals surface area contributed by atoms with Gasteiger partial charge in [-0.3, -0.25) is 9.13 Å². The van der Waals surface area contributed by atoms with E-state index in [2.05, 4.69) is 341 Å². The Morgan fingerprint density at radius 1 is 0.189 bits per heavy atom. The first-order valence-electron chi connectivity index (χ1n) is 44.3. The third-order valence-corrected chi connectivity index (χ3v) is 24.9.